The lowest BCUT2D eigenvalue weighted by Crippen LogP contribution is -2.42. The van der Waals surface area contributed by atoms with Crippen LogP contribution in [0.3, 0.4) is 0 Å². The number of hydrogen-bond donors (Lipinski definition) is 1. The number of nitrogens with one attached hydrogen (secondary N) is 1. The first-order valence-corrected chi connectivity index (χ1v) is 14.0. The van der Waals surface area contributed by atoms with Crippen molar-refractivity contribution in [1.29, 1.82) is 0 Å². The van der Waals surface area contributed by atoms with Crippen molar-refractivity contribution >= 4 is 5.97 Å². The highest BCUT2D eigenvalue weighted by Gasteiger charge is 2.50. The van der Waals surface area contributed by atoms with E-state index in [1.165, 1.54) is 30.9 Å². The Bertz CT molecular complexity index is 1620. The first-order chi connectivity index (χ1) is 21.3. The van der Waals surface area contributed by atoms with E-state index in [0.29, 0.717) is 11.5 Å². The lowest BCUT2D eigenvalue weighted by atomic mass is 9.80. The normalized spacial score (nSPS) is 19.8. The zero-order valence-electron chi connectivity index (χ0n) is 24.8. The van der Waals surface area contributed by atoms with E-state index >= 15 is 0 Å². The summed E-state index contributed by atoms with van der Waals surface area (Å²) < 4.78 is 36.7. The van der Waals surface area contributed by atoms with Gasteiger partial charge < -0.3 is 28.4 Å². The topological polar surface area (TPSA) is 127 Å². The third kappa shape index (κ3) is 6.02. The summed E-state index contributed by atoms with van der Waals surface area (Å²) in [5, 5.41) is 0. The van der Waals surface area contributed by atoms with Crippen LogP contribution in [0.2, 0.25) is 0 Å². The number of esters is 1. The molecule has 0 bridgehead atoms. The zero-order valence-corrected chi connectivity index (χ0v) is 24.8. The number of hydrogen-bond acceptors (Lipinski definition) is 9. The number of rotatable bonds is 11. The van der Waals surface area contributed by atoms with Gasteiger partial charge in [-0.3, -0.25) is 19.1 Å². The van der Waals surface area contributed by atoms with Crippen LogP contribution in [0.25, 0.3) is 0 Å². The molecule has 3 aromatic carbocycles. The second kappa shape index (κ2) is 13.3. The van der Waals surface area contributed by atoms with Crippen molar-refractivity contribution in [3.8, 4) is 11.5 Å². The molecule has 0 radical (unpaired) electrons. The Morgan fingerprint density at radius 3 is 1.89 bits per heavy atom. The molecule has 11 nitrogen and oxygen atoms in total. The van der Waals surface area contributed by atoms with Crippen molar-refractivity contribution in [3.05, 3.63) is 129 Å². The van der Waals surface area contributed by atoms with E-state index in [-0.39, 0.29) is 6.61 Å². The lowest BCUT2D eigenvalue weighted by Gasteiger charge is -2.37. The van der Waals surface area contributed by atoms with E-state index in [0.717, 1.165) is 16.7 Å². The fourth-order valence-electron chi connectivity index (χ4n) is 5.56. The van der Waals surface area contributed by atoms with E-state index in [4.69, 9.17) is 28.4 Å². The third-order valence-corrected chi connectivity index (χ3v) is 7.62. The highest BCUT2D eigenvalue weighted by Crippen LogP contribution is 2.43. The quantitative estimate of drug-likeness (QED) is 0.203. The van der Waals surface area contributed by atoms with Crippen LogP contribution in [0, 0.1) is 0 Å². The minimum absolute atomic E-state index is 0.0840. The minimum Gasteiger partial charge on any atom is -0.497 e. The molecule has 4 atom stereocenters. The van der Waals surface area contributed by atoms with Gasteiger partial charge in [0.25, 0.3) is 5.56 Å². The molecule has 0 amide bonds. The molecule has 0 saturated carbocycles. The number of nitrogens with zero attached hydrogens (tertiary/aromatic N) is 1. The van der Waals surface area contributed by atoms with Gasteiger partial charge in [-0.05, 0) is 41.0 Å². The van der Waals surface area contributed by atoms with Gasteiger partial charge in [-0.1, -0.05) is 54.6 Å². The number of H-pyrrole nitrogens is 1. The molecule has 0 unspecified atom stereocenters. The highest BCUT2D eigenvalue weighted by atomic mass is 16.6. The predicted molar refractivity (Wildman–Crippen MR) is 160 cm³/mol. The summed E-state index contributed by atoms with van der Waals surface area (Å²) in [7, 11) is 4.63. The molecule has 1 fully saturated rings. The van der Waals surface area contributed by atoms with Crippen molar-refractivity contribution in [2.75, 3.05) is 27.9 Å². The summed E-state index contributed by atoms with van der Waals surface area (Å²) in [6, 6.07) is 26.0. The van der Waals surface area contributed by atoms with Gasteiger partial charge in [0, 0.05) is 26.3 Å². The molecule has 230 valence electrons. The highest BCUT2D eigenvalue weighted by molar-refractivity contribution is 5.66. The molecule has 11 heteroatoms. The third-order valence-electron chi connectivity index (χ3n) is 7.62. The number of ether oxygens (including phenoxy) is 6. The van der Waals surface area contributed by atoms with Crippen LogP contribution >= 0.6 is 0 Å². The number of carbonyl (C=O) groups excluding carboxylic acids is 1. The van der Waals surface area contributed by atoms with Crippen molar-refractivity contribution in [2.45, 2.75) is 37.1 Å². The van der Waals surface area contributed by atoms with Crippen molar-refractivity contribution < 1.29 is 33.2 Å². The Kier molecular flexibility index (Phi) is 9.29. The van der Waals surface area contributed by atoms with Gasteiger partial charge in [0.2, 0.25) is 0 Å². The first-order valence-electron chi connectivity index (χ1n) is 14.0. The zero-order chi connectivity index (χ0) is 31.3. The van der Waals surface area contributed by atoms with Gasteiger partial charge in [-0.2, -0.15) is 0 Å². The van der Waals surface area contributed by atoms with E-state index in [2.05, 4.69) is 4.98 Å². The van der Waals surface area contributed by atoms with Gasteiger partial charge >= 0.3 is 11.7 Å². The van der Waals surface area contributed by atoms with Crippen LogP contribution in [0.15, 0.2) is 101 Å². The van der Waals surface area contributed by atoms with Crippen LogP contribution < -0.4 is 20.7 Å². The maximum absolute atomic E-state index is 12.7. The average molecular weight is 603 g/mol. The average Bonchev–Trinajstić information content (AvgIpc) is 3.38. The van der Waals surface area contributed by atoms with E-state index in [1.807, 2.05) is 78.9 Å². The molecule has 0 spiro atoms. The fourth-order valence-corrected chi connectivity index (χ4v) is 5.56. The summed E-state index contributed by atoms with van der Waals surface area (Å²) in [6.45, 7) is 1.20. The first kappa shape index (κ1) is 30.7. The van der Waals surface area contributed by atoms with E-state index < -0.39 is 47.4 Å². The monoisotopic (exact) mass is 602 g/mol. The molecule has 4 aromatic rings. The van der Waals surface area contributed by atoms with Gasteiger partial charge in [0.1, 0.15) is 29.3 Å². The smallest absolute Gasteiger partial charge is 0.330 e. The number of benzene rings is 3. The molecule has 2 heterocycles. The summed E-state index contributed by atoms with van der Waals surface area (Å²) in [5.74, 6) is 0.799. The maximum atomic E-state index is 12.7. The molecule has 5 rings (SSSR count). The molecule has 1 aromatic heterocycles. The van der Waals surface area contributed by atoms with Gasteiger partial charge in [0.15, 0.2) is 12.3 Å². The van der Waals surface area contributed by atoms with Crippen LogP contribution in [-0.4, -0.2) is 61.8 Å². The Morgan fingerprint density at radius 1 is 0.818 bits per heavy atom. The van der Waals surface area contributed by atoms with Crippen LogP contribution in [-0.2, 0) is 29.3 Å². The fraction of sp³-hybridized carbons (Fsp3) is 0.303. The van der Waals surface area contributed by atoms with Crippen LogP contribution in [0.4, 0.5) is 0 Å². The van der Waals surface area contributed by atoms with Crippen molar-refractivity contribution in [1.82, 2.24) is 9.55 Å². The van der Waals surface area contributed by atoms with E-state index in [9.17, 15) is 14.4 Å². The molecular weight excluding hydrogens is 568 g/mol. The molecule has 1 N–H and O–H groups in total. The van der Waals surface area contributed by atoms with Crippen molar-refractivity contribution in [2.24, 2.45) is 0 Å². The number of carbonyl (C=O) groups is 1. The summed E-state index contributed by atoms with van der Waals surface area (Å²) in [6.07, 6.45) is -2.40. The SMILES string of the molecule is COc1ccc(C(OC[C@H]2O[C@@H](n3ccc(=O)[nH]c3=O)[C@H](OC)[C@@H]2OC(C)=O)(c2ccccc2)c2ccc(OC)cc2)cc1. The summed E-state index contributed by atoms with van der Waals surface area (Å²) in [5.41, 5.74) is 0.0132. The van der Waals surface area contributed by atoms with Gasteiger partial charge in [-0.25, -0.2) is 4.79 Å². The van der Waals surface area contributed by atoms with Gasteiger partial charge in [-0.15, -0.1) is 0 Å². The molecule has 44 heavy (non-hydrogen) atoms. The molecule has 0 aliphatic carbocycles. The number of aromatic nitrogens is 2. The Balaban J connectivity index is 1.61. The Hall–Kier alpha value is -4.71. The van der Waals surface area contributed by atoms with E-state index in [1.54, 1.807) is 14.2 Å². The lowest BCUT2D eigenvalue weighted by molar-refractivity contribution is -0.157. The predicted octanol–water partition coefficient (Wildman–Crippen LogP) is 3.41. The van der Waals surface area contributed by atoms with Gasteiger partial charge in [0.05, 0.1) is 20.8 Å². The molecule has 1 saturated heterocycles. The summed E-state index contributed by atoms with van der Waals surface area (Å²) >= 11 is 0. The Morgan fingerprint density at radius 2 is 1.39 bits per heavy atom. The second-order valence-corrected chi connectivity index (χ2v) is 10.2. The molecule has 1 aliphatic heterocycles. The van der Waals surface area contributed by atoms with Crippen LogP contribution in [0.1, 0.15) is 29.8 Å². The second-order valence-electron chi connectivity index (χ2n) is 10.2. The molecule has 1 aliphatic rings. The standard InChI is InChI=1S/C33H34N2O9/c1-21(36)43-29-27(44-31(30(29)41-4)35-19-18-28(37)34-32(35)38)20-42-33(22-8-6-5-7-9-22,23-10-14-25(39-2)15-11-23)24-12-16-26(40-3)17-13-24/h5-19,27,29-31H,20H2,1-4H3,(H,34,37,38)/t27-,29-,30-,31-/m1/s1. The number of aromatic amines is 1. The maximum Gasteiger partial charge on any atom is 0.330 e. The molecular formula is C33H34N2O9. The minimum atomic E-state index is -1.17. The Labute approximate surface area is 253 Å². The largest absolute Gasteiger partial charge is 0.497 e. The van der Waals surface area contributed by atoms with Crippen LogP contribution in [0.5, 0.6) is 11.5 Å². The van der Waals surface area contributed by atoms with Crippen molar-refractivity contribution in [3.63, 3.8) is 0 Å². The number of methoxy groups -OCH3 is 3. The summed E-state index contributed by atoms with van der Waals surface area (Å²) in [4.78, 5) is 38.9.